The summed E-state index contributed by atoms with van der Waals surface area (Å²) in [7, 11) is -3.74. The van der Waals surface area contributed by atoms with E-state index in [1.807, 2.05) is 0 Å². The van der Waals surface area contributed by atoms with E-state index >= 15 is 0 Å². The molecule has 0 bridgehead atoms. The van der Waals surface area contributed by atoms with Crippen LogP contribution >= 0.6 is 11.3 Å². The van der Waals surface area contributed by atoms with Crippen molar-refractivity contribution in [3.63, 3.8) is 0 Å². The van der Waals surface area contributed by atoms with Crippen molar-refractivity contribution in [3.05, 3.63) is 82.9 Å². The largest absolute Gasteiger partial charge is 0.482 e. The Labute approximate surface area is 227 Å². The minimum absolute atomic E-state index is 0.0903. The summed E-state index contributed by atoms with van der Waals surface area (Å²) >= 11 is 1.05. The van der Waals surface area contributed by atoms with Gasteiger partial charge in [0.1, 0.15) is 5.75 Å². The van der Waals surface area contributed by atoms with Gasteiger partial charge in [0, 0.05) is 18.7 Å². The number of esters is 1. The van der Waals surface area contributed by atoms with Crippen molar-refractivity contribution in [2.24, 2.45) is 0 Å². The summed E-state index contributed by atoms with van der Waals surface area (Å²) in [5.74, 6) is -1.13. The number of rotatable bonds is 11. The second-order valence-corrected chi connectivity index (χ2v) is 10.8. The van der Waals surface area contributed by atoms with Gasteiger partial charge in [-0.2, -0.15) is 0 Å². The first kappa shape index (κ1) is 27.5. The van der Waals surface area contributed by atoms with E-state index in [0.717, 1.165) is 11.3 Å². The lowest BCUT2D eigenvalue weighted by Crippen LogP contribution is -2.30. The molecule has 202 valence electrons. The van der Waals surface area contributed by atoms with Crippen molar-refractivity contribution in [3.8, 4) is 5.75 Å². The third-order valence-corrected chi connectivity index (χ3v) is 8.14. The number of benzene rings is 3. The lowest BCUT2D eigenvalue weighted by molar-refractivity contribution is -0.384. The third kappa shape index (κ3) is 6.66. The van der Waals surface area contributed by atoms with Crippen molar-refractivity contribution in [2.45, 2.75) is 11.8 Å². The molecule has 1 aromatic heterocycles. The molecule has 1 amide bonds. The molecule has 0 aliphatic carbocycles. The van der Waals surface area contributed by atoms with Gasteiger partial charge < -0.3 is 9.47 Å². The third-order valence-electron chi connectivity index (χ3n) is 5.29. The number of thiazole rings is 1. The molecule has 0 saturated carbocycles. The molecule has 1 N–H and O–H groups in total. The Morgan fingerprint density at radius 1 is 1.05 bits per heavy atom. The maximum Gasteiger partial charge on any atom is 0.344 e. The van der Waals surface area contributed by atoms with Gasteiger partial charge in [-0.1, -0.05) is 29.5 Å². The summed E-state index contributed by atoms with van der Waals surface area (Å²) in [6, 6.07) is 18.4. The van der Waals surface area contributed by atoms with Crippen LogP contribution in [0, 0.1) is 10.1 Å². The van der Waals surface area contributed by atoms with Crippen LogP contribution in [0.5, 0.6) is 5.75 Å². The number of carbonyl (C=O) groups excluding carboxylic acids is 2. The zero-order chi connectivity index (χ0) is 28.0. The number of nitro groups is 1. The number of fused-ring (bicyclic) bond motifs is 1. The molecular weight excluding hydrogens is 548 g/mol. The fourth-order valence-electron chi connectivity index (χ4n) is 3.49. The van der Waals surface area contributed by atoms with Crippen LogP contribution in [-0.2, 0) is 24.3 Å². The number of ether oxygens (including phenoxy) is 2. The fraction of sp³-hybridized carbons (Fsp3) is 0.160. The van der Waals surface area contributed by atoms with E-state index in [1.54, 1.807) is 37.3 Å². The van der Waals surface area contributed by atoms with Crippen molar-refractivity contribution in [1.29, 1.82) is 0 Å². The molecule has 3 aromatic carbocycles. The first-order valence-corrected chi connectivity index (χ1v) is 13.7. The molecule has 0 fully saturated rings. The van der Waals surface area contributed by atoms with Gasteiger partial charge in [-0.25, -0.2) is 18.2 Å². The normalized spacial score (nSPS) is 11.1. The molecule has 0 atom stereocenters. The summed E-state index contributed by atoms with van der Waals surface area (Å²) in [5, 5.41) is 13.6. The molecule has 0 unspecified atom stereocenters. The van der Waals surface area contributed by atoms with Gasteiger partial charge in [-0.05, 0) is 49.4 Å². The summed E-state index contributed by atoms with van der Waals surface area (Å²) in [4.78, 5) is 38.9. The Balaban J connectivity index is 1.27. The highest BCUT2D eigenvalue weighted by Crippen LogP contribution is 2.29. The van der Waals surface area contributed by atoms with Gasteiger partial charge in [0.05, 0.1) is 25.7 Å². The topological polar surface area (TPSA) is 158 Å². The van der Waals surface area contributed by atoms with Crippen LogP contribution in [0.4, 0.5) is 16.5 Å². The monoisotopic (exact) mass is 570 g/mol. The zero-order valence-corrected chi connectivity index (χ0v) is 22.1. The maximum atomic E-state index is 13.0. The average Bonchev–Trinajstić information content (AvgIpc) is 3.33. The smallest absolute Gasteiger partial charge is 0.344 e. The second-order valence-electron chi connectivity index (χ2n) is 7.90. The minimum atomic E-state index is -3.74. The molecule has 12 nitrogen and oxygen atoms in total. The van der Waals surface area contributed by atoms with Crippen molar-refractivity contribution in [1.82, 2.24) is 4.98 Å². The Morgan fingerprint density at radius 3 is 2.44 bits per heavy atom. The van der Waals surface area contributed by atoms with Crippen LogP contribution in [0.2, 0.25) is 0 Å². The van der Waals surface area contributed by atoms with E-state index in [2.05, 4.69) is 10.3 Å². The van der Waals surface area contributed by atoms with Crippen LogP contribution in [-0.4, -0.2) is 50.0 Å². The molecule has 14 heteroatoms. The standard InChI is InChI=1S/C25H22N4O8S2/c1-2-28(39(34,35)20-6-4-3-5-7-20)17-8-11-19(12-9-17)36-16-24(31)37-15-23(30)27-25-26-21-13-10-18(29(32)33)14-22(21)38-25/h3-14H,2,15-16H2,1H3,(H,26,27,30). The Kier molecular flexibility index (Phi) is 8.36. The van der Waals surface area contributed by atoms with Gasteiger partial charge >= 0.3 is 5.97 Å². The predicted molar refractivity (Wildman–Crippen MR) is 144 cm³/mol. The SMILES string of the molecule is CCN(c1ccc(OCC(=O)OCC(=O)Nc2nc3ccc([N+](=O)[O-])cc3s2)cc1)S(=O)(=O)c1ccccc1. The van der Waals surface area contributed by atoms with E-state index in [-0.39, 0.29) is 22.3 Å². The highest BCUT2D eigenvalue weighted by atomic mass is 32.2. The number of amides is 1. The van der Waals surface area contributed by atoms with Crippen LogP contribution in [0.15, 0.2) is 77.7 Å². The molecular formula is C25H22N4O8S2. The van der Waals surface area contributed by atoms with Crippen LogP contribution < -0.4 is 14.4 Å². The number of carbonyl (C=O) groups is 2. The molecule has 0 aliphatic rings. The van der Waals surface area contributed by atoms with Crippen LogP contribution in [0.1, 0.15) is 6.92 Å². The van der Waals surface area contributed by atoms with E-state index in [1.165, 1.54) is 46.8 Å². The highest BCUT2D eigenvalue weighted by Gasteiger charge is 2.23. The molecule has 4 rings (SSSR count). The molecule has 0 saturated heterocycles. The Hall–Kier alpha value is -4.56. The van der Waals surface area contributed by atoms with Gasteiger partial charge in [0.2, 0.25) is 0 Å². The number of sulfonamides is 1. The fourth-order valence-corrected chi connectivity index (χ4v) is 5.90. The average molecular weight is 571 g/mol. The van der Waals surface area contributed by atoms with Gasteiger partial charge in [0.25, 0.3) is 21.6 Å². The summed E-state index contributed by atoms with van der Waals surface area (Å²) < 4.78 is 38.0. The highest BCUT2D eigenvalue weighted by molar-refractivity contribution is 7.92. The molecule has 0 radical (unpaired) electrons. The lowest BCUT2D eigenvalue weighted by atomic mass is 10.3. The number of nitrogens with zero attached hydrogens (tertiary/aromatic N) is 3. The Morgan fingerprint density at radius 2 is 1.77 bits per heavy atom. The maximum absolute atomic E-state index is 13.0. The molecule has 1 heterocycles. The number of nitrogens with one attached hydrogen (secondary N) is 1. The number of nitro benzene ring substituents is 1. The zero-order valence-electron chi connectivity index (χ0n) is 20.5. The number of hydrogen-bond acceptors (Lipinski definition) is 10. The predicted octanol–water partition coefficient (Wildman–Crippen LogP) is 3.98. The number of non-ortho nitro benzene ring substituents is 1. The van der Waals surface area contributed by atoms with Crippen LogP contribution in [0.3, 0.4) is 0 Å². The van der Waals surface area contributed by atoms with E-state index in [0.29, 0.717) is 21.7 Å². The first-order valence-electron chi connectivity index (χ1n) is 11.5. The second kappa shape index (κ2) is 11.9. The number of hydrogen-bond donors (Lipinski definition) is 1. The van der Waals surface area contributed by atoms with Crippen molar-refractivity contribution < 1.29 is 32.4 Å². The lowest BCUT2D eigenvalue weighted by Gasteiger charge is -2.23. The molecule has 4 aromatic rings. The van der Waals surface area contributed by atoms with Gasteiger partial charge in [-0.15, -0.1) is 0 Å². The first-order chi connectivity index (χ1) is 18.7. The minimum Gasteiger partial charge on any atom is -0.482 e. The molecule has 0 spiro atoms. The quantitative estimate of drug-likeness (QED) is 0.160. The van der Waals surface area contributed by atoms with Crippen LogP contribution in [0.25, 0.3) is 10.2 Å². The number of anilines is 2. The van der Waals surface area contributed by atoms with Gasteiger partial charge in [-0.3, -0.25) is 24.5 Å². The van der Waals surface area contributed by atoms with Crippen molar-refractivity contribution in [2.75, 3.05) is 29.4 Å². The summed E-state index contributed by atoms with van der Waals surface area (Å²) in [5.41, 5.74) is 0.821. The molecule has 39 heavy (non-hydrogen) atoms. The van der Waals surface area contributed by atoms with E-state index < -0.39 is 40.0 Å². The summed E-state index contributed by atoms with van der Waals surface area (Å²) in [6.45, 7) is 0.875. The summed E-state index contributed by atoms with van der Waals surface area (Å²) in [6.07, 6.45) is 0. The number of aromatic nitrogens is 1. The Bertz CT molecular complexity index is 1610. The molecule has 0 aliphatic heterocycles. The van der Waals surface area contributed by atoms with Crippen molar-refractivity contribution >= 4 is 60.0 Å². The van der Waals surface area contributed by atoms with Gasteiger partial charge in [0.15, 0.2) is 18.3 Å². The van der Waals surface area contributed by atoms with E-state index in [9.17, 15) is 28.1 Å². The van der Waals surface area contributed by atoms with E-state index in [4.69, 9.17) is 9.47 Å².